The number of alkyl halides is 1. The molecule has 1 fully saturated rings. The normalized spacial score (nSPS) is 27.2. The quantitative estimate of drug-likeness (QED) is 0.410. The topological polar surface area (TPSA) is 46.6 Å². The van der Waals surface area contributed by atoms with Gasteiger partial charge in [-0.25, -0.2) is 4.90 Å². The van der Waals surface area contributed by atoms with E-state index in [1.165, 1.54) is 4.90 Å². The van der Waals surface area contributed by atoms with Crippen LogP contribution in [0.2, 0.25) is 0 Å². The third kappa shape index (κ3) is 2.39. The number of anilines is 1. The molecule has 2 amide bonds. The van der Waals surface area contributed by atoms with Gasteiger partial charge in [-0.05, 0) is 52.9 Å². The van der Waals surface area contributed by atoms with Crippen molar-refractivity contribution in [1.82, 2.24) is 0 Å². The maximum Gasteiger partial charge on any atom is 0.240 e. The molecule has 3 aliphatic carbocycles. The summed E-state index contributed by atoms with van der Waals surface area (Å²) in [5, 5.41) is 0. The molecule has 1 aliphatic heterocycles. The number of imide groups is 1. The summed E-state index contributed by atoms with van der Waals surface area (Å²) in [6.45, 7) is 2.67. The Morgan fingerprint density at radius 1 is 0.875 bits per heavy atom. The van der Waals surface area contributed by atoms with E-state index in [-0.39, 0.29) is 17.7 Å². The number of amides is 2. The van der Waals surface area contributed by atoms with E-state index >= 15 is 0 Å². The maximum atomic E-state index is 13.8. The molecule has 0 saturated carbocycles. The summed E-state index contributed by atoms with van der Waals surface area (Å²) in [6, 6.07) is 23.1. The van der Waals surface area contributed by atoms with Crippen molar-refractivity contribution in [2.24, 2.45) is 11.8 Å². The molecule has 1 saturated heterocycles. The third-order valence-electron chi connectivity index (χ3n) is 7.08. The lowest BCUT2D eigenvalue weighted by Crippen LogP contribution is -2.50. The van der Waals surface area contributed by atoms with Gasteiger partial charge < -0.3 is 4.74 Å². The van der Waals surface area contributed by atoms with Crippen LogP contribution in [0.3, 0.4) is 0 Å². The van der Waals surface area contributed by atoms with Crippen LogP contribution in [0, 0.1) is 11.8 Å². The van der Waals surface area contributed by atoms with Crippen LogP contribution in [-0.4, -0.2) is 18.4 Å². The molecule has 2 atom stereocenters. The average molecular weight is 444 g/mol. The lowest BCUT2D eigenvalue weighted by Gasteiger charge is -2.50. The number of rotatable bonds is 4. The van der Waals surface area contributed by atoms with Crippen molar-refractivity contribution in [2.45, 2.75) is 24.1 Å². The molecule has 3 aromatic rings. The van der Waals surface area contributed by atoms with E-state index in [0.717, 1.165) is 34.4 Å². The van der Waals surface area contributed by atoms with Crippen LogP contribution in [0.1, 0.15) is 41.5 Å². The van der Waals surface area contributed by atoms with Gasteiger partial charge in [-0.2, -0.15) is 0 Å². The number of ether oxygens (including phenoxy) is 1. The molecule has 0 aromatic heterocycles. The van der Waals surface area contributed by atoms with Crippen molar-refractivity contribution in [2.75, 3.05) is 11.5 Å². The second kappa shape index (κ2) is 6.94. The van der Waals surface area contributed by atoms with Crippen molar-refractivity contribution in [3.05, 3.63) is 95.1 Å². The van der Waals surface area contributed by atoms with E-state index in [1.807, 2.05) is 67.6 Å². The molecule has 4 aliphatic rings. The van der Waals surface area contributed by atoms with Crippen LogP contribution < -0.4 is 9.64 Å². The number of carbonyl (C=O) groups excluding carboxylic acids is 2. The first-order valence-electron chi connectivity index (χ1n) is 11.1. The molecular formula is C27H22ClNO3. The highest BCUT2D eigenvalue weighted by Gasteiger charge is 2.67. The van der Waals surface area contributed by atoms with E-state index in [9.17, 15) is 9.59 Å². The standard InChI is InChI=1S/C27H22ClNO3/c1-2-15-32-17-13-11-16(12-14-17)29-25(30)23-22-18-7-3-5-9-20(18)27(28,24(23)26(29)31)21-10-6-4-8-19(21)22/h3-14,22-24H,2,15H2,1H3/t22?,23-,24-,27?/m1/s1. The predicted octanol–water partition coefficient (Wildman–Crippen LogP) is 5.22. The highest BCUT2D eigenvalue weighted by atomic mass is 35.5. The summed E-state index contributed by atoms with van der Waals surface area (Å²) in [7, 11) is 0. The lowest BCUT2D eigenvalue weighted by molar-refractivity contribution is -0.122. The van der Waals surface area contributed by atoms with Gasteiger partial charge in [-0.3, -0.25) is 9.59 Å². The van der Waals surface area contributed by atoms with Crippen molar-refractivity contribution >= 4 is 29.1 Å². The molecule has 1 heterocycles. The molecule has 5 heteroatoms. The molecule has 0 radical (unpaired) electrons. The Kier molecular flexibility index (Phi) is 4.25. The van der Waals surface area contributed by atoms with Gasteiger partial charge in [-0.1, -0.05) is 55.5 Å². The van der Waals surface area contributed by atoms with Crippen molar-refractivity contribution in [3.8, 4) is 5.75 Å². The summed E-state index contributed by atoms with van der Waals surface area (Å²) in [5.41, 5.74) is 4.55. The SMILES string of the molecule is CCCOc1ccc(N2C(=O)[C@@H]3C4c5ccccc5C(Cl)(c5ccccc54)[C@H]3C2=O)cc1. The summed E-state index contributed by atoms with van der Waals surface area (Å²) in [6.07, 6.45) is 0.911. The second-order valence-corrected chi connectivity index (χ2v) is 9.32. The zero-order valence-corrected chi connectivity index (χ0v) is 18.4. The van der Waals surface area contributed by atoms with Crippen molar-refractivity contribution in [1.29, 1.82) is 0 Å². The Morgan fingerprint density at radius 2 is 1.47 bits per heavy atom. The fourth-order valence-electron chi connectivity index (χ4n) is 5.85. The molecule has 0 spiro atoms. The minimum atomic E-state index is -1.06. The van der Waals surface area contributed by atoms with E-state index in [2.05, 4.69) is 0 Å². The van der Waals surface area contributed by atoms with Gasteiger partial charge >= 0.3 is 0 Å². The number of nitrogens with zero attached hydrogens (tertiary/aromatic N) is 1. The molecule has 160 valence electrons. The van der Waals surface area contributed by atoms with Crippen molar-refractivity contribution < 1.29 is 14.3 Å². The number of halogens is 1. The zero-order chi connectivity index (χ0) is 22.0. The minimum absolute atomic E-state index is 0.179. The van der Waals surface area contributed by atoms with Gasteiger partial charge in [0.2, 0.25) is 11.8 Å². The molecule has 0 unspecified atom stereocenters. The smallest absolute Gasteiger partial charge is 0.240 e. The fourth-order valence-corrected chi connectivity index (χ4v) is 6.42. The van der Waals surface area contributed by atoms with Gasteiger partial charge in [0.05, 0.1) is 24.1 Å². The van der Waals surface area contributed by atoms with Gasteiger partial charge in [0.25, 0.3) is 0 Å². The van der Waals surface area contributed by atoms with Crippen LogP contribution >= 0.6 is 11.6 Å². The average Bonchev–Trinajstić information content (AvgIpc) is 3.10. The maximum absolute atomic E-state index is 13.8. The van der Waals surface area contributed by atoms with Crippen LogP contribution in [0.25, 0.3) is 0 Å². The molecule has 4 nitrogen and oxygen atoms in total. The number of carbonyl (C=O) groups is 2. The highest BCUT2D eigenvalue weighted by Crippen LogP contribution is 2.65. The Balaban J connectivity index is 1.48. The Morgan fingerprint density at radius 3 is 2.06 bits per heavy atom. The highest BCUT2D eigenvalue weighted by molar-refractivity contribution is 6.33. The van der Waals surface area contributed by atoms with Crippen molar-refractivity contribution in [3.63, 3.8) is 0 Å². The van der Waals surface area contributed by atoms with E-state index in [0.29, 0.717) is 12.3 Å². The molecule has 32 heavy (non-hydrogen) atoms. The first kappa shape index (κ1) is 19.6. The van der Waals surface area contributed by atoms with Gasteiger partial charge in [0.15, 0.2) is 0 Å². The zero-order valence-electron chi connectivity index (χ0n) is 17.6. The van der Waals surface area contributed by atoms with Gasteiger partial charge in [0.1, 0.15) is 10.6 Å². The third-order valence-corrected chi connectivity index (χ3v) is 7.72. The van der Waals surface area contributed by atoms with Crippen LogP contribution in [-0.2, 0) is 14.5 Å². The summed E-state index contributed by atoms with van der Waals surface area (Å²) >= 11 is 7.44. The summed E-state index contributed by atoms with van der Waals surface area (Å²) in [4.78, 5) is 27.9. The van der Waals surface area contributed by atoms with Gasteiger partial charge in [0, 0.05) is 5.92 Å². The second-order valence-electron chi connectivity index (χ2n) is 8.72. The number of benzene rings is 3. The van der Waals surface area contributed by atoms with E-state index in [1.54, 1.807) is 12.1 Å². The lowest BCUT2D eigenvalue weighted by atomic mass is 9.54. The molecule has 7 rings (SSSR count). The largest absolute Gasteiger partial charge is 0.494 e. The summed E-state index contributed by atoms with van der Waals surface area (Å²) < 4.78 is 5.66. The van der Waals surface area contributed by atoms with E-state index < -0.39 is 16.7 Å². The molecule has 2 bridgehead atoms. The molecule has 0 N–H and O–H groups in total. The minimum Gasteiger partial charge on any atom is -0.494 e. The monoisotopic (exact) mass is 443 g/mol. The molecule has 3 aromatic carbocycles. The first-order chi connectivity index (χ1) is 15.6. The predicted molar refractivity (Wildman–Crippen MR) is 123 cm³/mol. The number of hydrogen-bond acceptors (Lipinski definition) is 3. The van der Waals surface area contributed by atoms with E-state index in [4.69, 9.17) is 16.3 Å². The van der Waals surface area contributed by atoms with Crippen LogP contribution in [0.4, 0.5) is 5.69 Å². The Hall–Kier alpha value is -3.11. The number of hydrogen-bond donors (Lipinski definition) is 0. The van der Waals surface area contributed by atoms with Crippen LogP contribution in [0.15, 0.2) is 72.8 Å². The molecular weight excluding hydrogens is 422 g/mol. The van der Waals surface area contributed by atoms with Crippen LogP contribution in [0.5, 0.6) is 5.75 Å². The Labute approximate surface area is 191 Å². The Bertz CT molecular complexity index is 1200. The first-order valence-corrected chi connectivity index (χ1v) is 11.4. The van der Waals surface area contributed by atoms with Gasteiger partial charge in [-0.15, -0.1) is 11.6 Å². The summed E-state index contributed by atoms with van der Waals surface area (Å²) in [5.74, 6) is -1.02. The fraction of sp³-hybridized carbons (Fsp3) is 0.259.